The van der Waals surface area contributed by atoms with Crippen LogP contribution < -0.4 is 15.5 Å². The third-order valence-electron chi connectivity index (χ3n) is 7.81. The zero-order chi connectivity index (χ0) is 28.9. The van der Waals surface area contributed by atoms with Gasteiger partial charge in [-0.2, -0.15) is 4.98 Å². The van der Waals surface area contributed by atoms with E-state index in [0.29, 0.717) is 5.82 Å². The molecule has 0 saturated carbocycles. The summed E-state index contributed by atoms with van der Waals surface area (Å²) in [5.41, 5.74) is 7.98. The van der Waals surface area contributed by atoms with Gasteiger partial charge in [-0.1, -0.05) is 38.1 Å². The zero-order valence-electron chi connectivity index (χ0n) is 24.4. The van der Waals surface area contributed by atoms with E-state index in [-0.39, 0.29) is 17.3 Å². The number of fused-ring (bicyclic) bond motifs is 3. The van der Waals surface area contributed by atoms with Crippen LogP contribution in [0.5, 0.6) is 0 Å². The Bertz CT molecular complexity index is 1760. The van der Waals surface area contributed by atoms with E-state index in [9.17, 15) is 4.79 Å². The lowest BCUT2D eigenvalue weighted by atomic mass is 9.96. The lowest BCUT2D eigenvalue weighted by molar-refractivity contribution is 0.0895. The monoisotopic (exact) mass is 552 g/mol. The highest BCUT2D eigenvalue weighted by Crippen LogP contribution is 2.36. The second-order valence-corrected chi connectivity index (χ2v) is 11.9. The molecule has 1 atom stereocenters. The summed E-state index contributed by atoms with van der Waals surface area (Å²) in [6.45, 7) is 16.1. The van der Waals surface area contributed by atoms with E-state index in [1.165, 1.54) is 11.3 Å². The maximum absolute atomic E-state index is 12.8. The molecule has 6 rings (SSSR count). The van der Waals surface area contributed by atoms with Gasteiger partial charge in [-0.15, -0.1) is 0 Å². The van der Waals surface area contributed by atoms with Gasteiger partial charge < -0.3 is 25.0 Å². The number of aromatic amines is 1. The Morgan fingerprint density at radius 3 is 2.56 bits per heavy atom. The van der Waals surface area contributed by atoms with Crippen LogP contribution in [0.15, 0.2) is 41.2 Å². The van der Waals surface area contributed by atoms with E-state index in [4.69, 9.17) is 9.51 Å². The third kappa shape index (κ3) is 5.04. The van der Waals surface area contributed by atoms with Crippen molar-refractivity contribution < 1.29 is 9.32 Å². The Morgan fingerprint density at radius 1 is 1.07 bits per heavy atom. The van der Waals surface area contributed by atoms with Gasteiger partial charge in [-0.25, -0.2) is 9.97 Å². The number of hydrogen-bond acceptors (Lipinski definition) is 8. The molecule has 0 spiro atoms. The molecule has 212 valence electrons. The van der Waals surface area contributed by atoms with E-state index >= 15 is 0 Å². The second-order valence-electron chi connectivity index (χ2n) is 11.9. The number of rotatable bonds is 5. The summed E-state index contributed by atoms with van der Waals surface area (Å²) in [6.07, 6.45) is 1.61. The maximum Gasteiger partial charge on any atom is 0.315 e. The molecule has 4 heterocycles. The largest absolute Gasteiger partial charge is 0.369 e. The summed E-state index contributed by atoms with van der Waals surface area (Å²) in [5, 5.41) is 12.5. The number of amides is 1. The van der Waals surface area contributed by atoms with Crippen LogP contribution in [-0.4, -0.2) is 57.2 Å². The number of H-pyrrole nitrogens is 1. The van der Waals surface area contributed by atoms with Crippen LogP contribution in [0.1, 0.15) is 66.9 Å². The number of carbonyl (C=O) groups is 1. The predicted molar refractivity (Wildman–Crippen MR) is 160 cm³/mol. The normalized spacial score (nSPS) is 15.0. The average Bonchev–Trinajstić information content (AvgIpc) is 3.58. The van der Waals surface area contributed by atoms with Gasteiger partial charge in [0.05, 0.1) is 17.1 Å². The molecular weight excluding hydrogens is 516 g/mol. The van der Waals surface area contributed by atoms with E-state index in [1.807, 2.05) is 40.7 Å². The number of carbonyl (C=O) groups excluding carboxylic acids is 1. The summed E-state index contributed by atoms with van der Waals surface area (Å²) in [4.78, 5) is 32.4. The number of benzene rings is 2. The molecule has 10 nitrogen and oxygen atoms in total. The first-order valence-electron chi connectivity index (χ1n) is 14.1. The number of aromatic nitrogens is 5. The van der Waals surface area contributed by atoms with E-state index < -0.39 is 5.91 Å². The van der Waals surface area contributed by atoms with Crippen LogP contribution in [0.25, 0.3) is 33.2 Å². The lowest BCUT2D eigenvalue weighted by Gasteiger charge is -2.30. The van der Waals surface area contributed by atoms with Gasteiger partial charge in [-0.3, -0.25) is 4.79 Å². The minimum absolute atomic E-state index is 0.0332. The van der Waals surface area contributed by atoms with Crippen molar-refractivity contribution in [2.45, 2.75) is 53.0 Å². The van der Waals surface area contributed by atoms with Crippen molar-refractivity contribution in [3.8, 4) is 11.3 Å². The van der Waals surface area contributed by atoms with Gasteiger partial charge in [0.1, 0.15) is 12.0 Å². The molecule has 2 aromatic carbocycles. The molecule has 0 radical (unpaired) electrons. The van der Waals surface area contributed by atoms with Crippen LogP contribution in [0.3, 0.4) is 0 Å². The average molecular weight is 553 g/mol. The van der Waals surface area contributed by atoms with Gasteiger partial charge in [0.25, 0.3) is 0 Å². The number of nitrogens with one attached hydrogen (secondary N) is 3. The molecule has 1 aliphatic heterocycles. The Labute approximate surface area is 239 Å². The molecule has 1 saturated heterocycles. The molecule has 10 heteroatoms. The number of nitrogens with zero attached hydrogens (tertiary/aromatic N) is 5. The minimum Gasteiger partial charge on any atom is -0.369 e. The van der Waals surface area contributed by atoms with Gasteiger partial charge in [-0.05, 0) is 55.7 Å². The Balaban J connectivity index is 1.30. The minimum atomic E-state index is -0.393. The molecule has 0 bridgehead atoms. The Hall–Kier alpha value is -4.31. The Morgan fingerprint density at radius 2 is 1.85 bits per heavy atom. The fourth-order valence-corrected chi connectivity index (χ4v) is 5.60. The van der Waals surface area contributed by atoms with Crippen LogP contribution in [0.4, 0.5) is 5.69 Å². The van der Waals surface area contributed by atoms with Crippen molar-refractivity contribution in [1.82, 2.24) is 35.7 Å². The number of aryl methyl sites for hydroxylation is 2. The predicted octanol–water partition coefficient (Wildman–Crippen LogP) is 4.98. The molecule has 41 heavy (non-hydrogen) atoms. The molecule has 1 amide bonds. The standard InChI is InChI=1S/C31H36N8O2/c1-17-13-20(7-8-21(17)19(3)35-28(40)29-37-30(38-41-29)31(4,5)6)26-25-22-14-18(2)24(39-11-9-32-10-12-39)15-23(22)36-27(25)34-16-33-26/h7-8,13-16,19,32H,9-12H2,1-6H3,(H,35,40)(H,33,34,36)/t19-/m1/s1. The number of anilines is 1. The van der Waals surface area contributed by atoms with Crippen LogP contribution in [0, 0.1) is 13.8 Å². The van der Waals surface area contributed by atoms with Gasteiger partial charge in [0.2, 0.25) is 0 Å². The van der Waals surface area contributed by atoms with Crippen molar-refractivity contribution in [3.05, 3.63) is 65.1 Å². The Kier molecular flexibility index (Phi) is 6.73. The second kappa shape index (κ2) is 10.3. The molecule has 3 N–H and O–H groups in total. The number of hydrogen-bond donors (Lipinski definition) is 3. The molecule has 0 aliphatic carbocycles. The van der Waals surface area contributed by atoms with Crippen molar-refractivity contribution in [2.24, 2.45) is 0 Å². The van der Waals surface area contributed by atoms with Gasteiger partial charge >= 0.3 is 11.8 Å². The molecular formula is C31H36N8O2. The van der Waals surface area contributed by atoms with Crippen LogP contribution in [0.2, 0.25) is 0 Å². The van der Waals surface area contributed by atoms with Crippen molar-refractivity contribution in [2.75, 3.05) is 31.1 Å². The highest BCUT2D eigenvalue weighted by molar-refractivity contribution is 6.12. The summed E-state index contributed by atoms with van der Waals surface area (Å²) in [7, 11) is 0. The van der Waals surface area contributed by atoms with Crippen molar-refractivity contribution in [1.29, 1.82) is 0 Å². The fraction of sp³-hybridized carbons (Fsp3) is 0.387. The summed E-state index contributed by atoms with van der Waals surface area (Å²) in [5.74, 6) is 0.0736. The van der Waals surface area contributed by atoms with Crippen LogP contribution >= 0.6 is 0 Å². The first-order chi connectivity index (χ1) is 19.6. The molecule has 1 fully saturated rings. The number of piperazine rings is 1. The third-order valence-corrected chi connectivity index (χ3v) is 7.81. The van der Waals surface area contributed by atoms with E-state index in [0.717, 1.165) is 70.5 Å². The zero-order valence-corrected chi connectivity index (χ0v) is 24.4. The first-order valence-corrected chi connectivity index (χ1v) is 14.1. The van der Waals surface area contributed by atoms with Crippen LogP contribution in [-0.2, 0) is 5.41 Å². The van der Waals surface area contributed by atoms with E-state index in [2.05, 4.69) is 66.8 Å². The summed E-state index contributed by atoms with van der Waals surface area (Å²) < 4.78 is 5.22. The van der Waals surface area contributed by atoms with Crippen molar-refractivity contribution in [3.63, 3.8) is 0 Å². The lowest BCUT2D eigenvalue weighted by Crippen LogP contribution is -2.43. The summed E-state index contributed by atoms with van der Waals surface area (Å²) in [6, 6.07) is 10.4. The fourth-order valence-electron chi connectivity index (χ4n) is 5.60. The quantitative estimate of drug-likeness (QED) is 0.279. The van der Waals surface area contributed by atoms with E-state index in [1.54, 1.807) is 6.33 Å². The maximum atomic E-state index is 12.8. The first kappa shape index (κ1) is 26.9. The molecule has 3 aromatic heterocycles. The molecule has 5 aromatic rings. The smallest absolute Gasteiger partial charge is 0.315 e. The highest BCUT2D eigenvalue weighted by atomic mass is 16.5. The van der Waals surface area contributed by atoms with Crippen molar-refractivity contribution >= 4 is 33.5 Å². The molecule has 0 unspecified atom stereocenters. The highest BCUT2D eigenvalue weighted by Gasteiger charge is 2.25. The van der Waals surface area contributed by atoms with Gasteiger partial charge in [0.15, 0.2) is 5.82 Å². The topological polar surface area (TPSA) is 125 Å². The SMILES string of the molecule is Cc1cc(-c2ncnc3[nH]c4cc(N5CCNCC5)c(C)cc4c23)ccc1[C@@H](C)NC(=O)c1nc(C(C)(C)C)no1. The summed E-state index contributed by atoms with van der Waals surface area (Å²) >= 11 is 0. The van der Waals surface area contributed by atoms with Gasteiger partial charge in [0, 0.05) is 53.7 Å². The molecule has 1 aliphatic rings.